The summed E-state index contributed by atoms with van der Waals surface area (Å²) in [4.78, 5) is 13.7. The van der Waals surface area contributed by atoms with Gasteiger partial charge in [0, 0.05) is 37.6 Å². The molecule has 5 heteroatoms. The maximum absolute atomic E-state index is 12.0. The van der Waals surface area contributed by atoms with Crippen molar-refractivity contribution in [1.29, 1.82) is 0 Å². The van der Waals surface area contributed by atoms with Crippen molar-refractivity contribution in [2.24, 2.45) is 0 Å². The third-order valence-corrected chi connectivity index (χ3v) is 3.95. The predicted molar refractivity (Wildman–Crippen MR) is 68.9 cm³/mol. The van der Waals surface area contributed by atoms with E-state index in [1.54, 1.807) is 11.2 Å². The van der Waals surface area contributed by atoms with Gasteiger partial charge in [0.2, 0.25) is 5.91 Å². The van der Waals surface area contributed by atoms with Crippen molar-refractivity contribution in [2.45, 2.75) is 19.0 Å². The molecule has 2 rings (SSSR count). The topological polar surface area (TPSA) is 45.5 Å². The first-order valence-corrected chi connectivity index (χ1v) is 6.98. The first kappa shape index (κ1) is 12.5. The van der Waals surface area contributed by atoms with Gasteiger partial charge in [-0.05, 0) is 12.1 Å². The highest BCUT2D eigenvalue weighted by atomic mass is 32.2. The molecule has 0 radical (unpaired) electrons. The van der Waals surface area contributed by atoms with E-state index in [1.807, 2.05) is 30.9 Å². The number of thioether (sulfide) groups is 1. The highest BCUT2D eigenvalue weighted by Crippen LogP contribution is 2.12. The van der Waals surface area contributed by atoms with Gasteiger partial charge in [-0.15, -0.1) is 0 Å². The minimum absolute atomic E-state index is 0.168. The number of hydrogen-bond acceptors (Lipinski definition) is 4. The van der Waals surface area contributed by atoms with Gasteiger partial charge >= 0.3 is 0 Å². The van der Waals surface area contributed by atoms with Crippen molar-refractivity contribution in [1.82, 2.24) is 10.2 Å². The molecule has 0 saturated carbocycles. The van der Waals surface area contributed by atoms with Crippen LogP contribution in [-0.4, -0.2) is 41.9 Å². The van der Waals surface area contributed by atoms with Crippen LogP contribution in [0, 0.1) is 0 Å². The quantitative estimate of drug-likeness (QED) is 0.880. The van der Waals surface area contributed by atoms with Crippen LogP contribution >= 0.6 is 11.8 Å². The molecule has 1 saturated heterocycles. The number of hydrogen-bond donors (Lipinski definition) is 1. The Labute approximate surface area is 106 Å². The van der Waals surface area contributed by atoms with E-state index >= 15 is 0 Å². The fourth-order valence-electron chi connectivity index (χ4n) is 1.84. The van der Waals surface area contributed by atoms with Crippen molar-refractivity contribution in [3.63, 3.8) is 0 Å². The van der Waals surface area contributed by atoms with Gasteiger partial charge < -0.3 is 14.6 Å². The smallest absolute Gasteiger partial charge is 0.224 e. The number of nitrogens with one attached hydrogen (secondary N) is 1. The van der Waals surface area contributed by atoms with E-state index in [0.29, 0.717) is 19.0 Å². The third kappa shape index (κ3) is 3.78. The monoisotopic (exact) mass is 254 g/mol. The van der Waals surface area contributed by atoms with Crippen molar-refractivity contribution >= 4 is 17.7 Å². The van der Waals surface area contributed by atoms with Crippen LogP contribution in [0.5, 0.6) is 0 Å². The molecule has 1 aromatic heterocycles. The standard InChI is InChI=1S/C12H18N2O2S/c1-14(8-11-3-2-5-16-11)12(15)7-10-9-17-6-4-13-10/h2-3,5,10,13H,4,6-9H2,1H3. The van der Waals surface area contributed by atoms with Crippen LogP contribution in [-0.2, 0) is 11.3 Å². The third-order valence-electron chi connectivity index (χ3n) is 2.82. The minimum atomic E-state index is 0.168. The molecular weight excluding hydrogens is 236 g/mol. The fraction of sp³-hybridized carbons (Fsp3) is 0.583. The van der Waals surface area contributed by atoms with Crippen LogP contribution in [0.1, 0.15) is 12.2 Å². The van der Waals surface area contributed by atoms with E-state index in [9.17, 15) is 4.79 Å². The Kier molecular flexibility index (Phi) is 4.50. The Morgan fingerprint density at radius 3 is 3.24 bits per heavy atom. The first-order valence-electron chi connectivity index (χ1n) is 5.83. The predicted octanol–water partition coefficient (Wildman–Crippen LogP) is 1.33. The molecule has 1 atom stereocenters. The van der Waals surface area contributed by atoms with Crippen LogP contribution < -0.4 is 5.32 Å². The molecule has 0 bridgehead atoms. The largest absolute Gasteiger partial charge is 0.467 e. The van der Waals surface area contributed by atoms with Gasteiger partial charge in [-0.1, -0.05) is 0 Å². The van der Waals surface area contributed by atoms with E-state index in [2.05, 4.69) is 5.32 Å². The zero-order valence-electron chi connectivity index (χ0n) is 10.0. The number of nitrogens with zero attached hydrogens (tertiary/aromatic N) is 1. The Balaban J connectivity index is 1.78. The average molecular weight is 254 g/mol. The number of carbonyl (C=O) groups is 1. The summed E-state index contributed by atoms with van der Waals surface area (Å²) in [6.07, 6.45) is 2.21. The maximum Gasteiger partial charge on any atom is 0.224 e. The summed E-state index contributed by atoms with van der Waals surface area (Å²) < 4.78 is 5.23. The zero-order valence-corrected chi connectivity index (χ0v) is 10.8. The summed E-state index contributed by atoms with van der Waals surface area (Å²) in [5.41, 5.74) is 0. The van der Waals surface area contributed by atoms with Crippen LogP contribution in [0.25, 0.3) is 0 Å². The highest BCUT2D eigenvalue weighted by molar-refractivity contribution is 7.99. The van der Waals surface area contributed by atoms with Gasteiger partial charge in [-0.25, -0.2) is 0 Å². The van der Waals surface area contributed by atoms with Gasteiger partial charge in [0.25, 0.3) is 0 Å². The van der Waals surface area contributed by atoms with E-state index in [1.165, 1.54) is 0 Å². The normalized spacial score (nSPS) is 20.2. The zero-order chi connectivity index (χ0) is 12.1. The molecule has 1 aromatic rings. The van der Waals surface area contributed by atoms with Crippen LogP contribution in [0.3, 0.4) is 0 Å². The maximum atomic E-state index is 12.0. The number of amides is 1. The van der Waals surface area contributed by atoms with E-state index in [4.69, 9.17) is 4.42 Å². The summed E-state index contributed by atoms with van der Waals surface area (Å²) in [6, 6.07) is 4.05. The van der Waals surface area contributed by atoms with Crippen molar-refractivity contribution in [2.75, 3.05) is 25.1 Å². The van der Waals surface area contributed by atoms with Crippen molar-refractivity contribution in [3.8, 4) is 0 Å². The fourth-order valence-corrected chi connectivity index (χ4v) is 2.79. The lowest BCUT2D eigenvalue weighted by atomic mass is 10.2. The van der Waals surface area contributed by atoms with Crippen molar-refractivity contribution in [3.05, 3.63) is 24.2 Å². The van der Waals surface area contributed by atoms with E-state index in [-0.39, 0.29) is 5.91 Å². The SMILES string of the molecule is CN(Cc1ccco1)C(=O)CC1CSCCN1. The molecule has 1 aliphatic heterocycles. The number of carbonyl (C=O) groups excluding carboxylic acids is 1. The molecule has 0 aliphatic carbocycles. The molecule has 1 amide bonds. The summed E-state index contributed by atoms with van der Waals surface area (Å²) in [5, 5.41) is 3.37. The summed E-state index contributed by atoms with van der Waals surface area (Å²) in [5.74, 6) is 3.17. The Morgan fingerprint density at radius 2 is 2.59 bits per heavy atom. The Morgan fingerprint density at radius 1 is 1.71 bits per heavy atom. The van der Waals surface area contributed by atoms with Gasteiger partial charge in [-0.3, -0.25) is 4.79 Å². The van der Waals surface area contributed by atoms with Crippen molar-refractivity contribution < 1.29 is 9.21 Å². The Hall–Kier alpha value is -0.940. The summed E-state index contributed by atoms with van der Waals surface area (Å²) in [6.45, 7) is 1.55. The molecule has 17 heavy (non-hydrogen) atoms. The molecule has 1 fully saturated rings. The minimum Gasteiger partial charge on any atom is -0.467 e. The molecule has 0 spiro atoms. The molecule has 1 N–H and O–H groups in total. The lowest BCUT2D eigenvalue weighted by molar-refractivity contribution is -0.131. The second-order valence-electron chi connectivity index (χ2n) is 4.26. The average Bonchev–Trinajstić information content (AvgIpc) is 2.83. The molecule has 94 valence electrons. The van der Waals surface area contributed by atoms with Gasteiger partial charge in [0.1, 0.15) is 5.76 Å². The highest BCUT2D eigenvalue weighted by Gasteiger charge is 2.19. The number of rotatable bonds is 4. The molecule has 0 aromatic carbocycles. The second kappa shape index (κ2) is 6.12. The molecule has 1 unspecified atom stereocenters. The molecule has 4 nitrogen and oxygen atoms in total. The van der Waals surface area contributed by atoms with Gasteiger partial charge in [0.15, 0.2) is 0 Å². The lowest BCUT2D eigenvalue weighted by Crippen LogP contribution is -2.41. The Bertz CT molecular complexity index is 347. The summed E-state index contributed by atoms with van der Waals surface area (Å²) >= 11 is 1.91. The van der Waals surface area contributed by atoms with E-state index in [0.717, 1.165) is 23.8 Å². The second-order valence-corrected chi connectivity index (χ2v) is 5.41. The van der Waals surface area contributed by atoms with Gasteiger partial charge in [-0.2, -0.15) is 11.8 Å². The molecule has 1 aliphatic rings. The summed E-state index contributed by atoms with van der Waals surface area (Å²) in [7, 11) is 1.82. The molecule has 2 heterocycles. The van der Waals surface area contributed by atoms with Gasteiger partial charge in [0.05, 0.1) is 12.8 Å². The van der Waals surface area contributed by atoms with Crippen LogP contribution in [0.15, 0.2) is 22.8 Å². The lowest BCUT2D eigenvalue weighted by Gasteiger charge is -2.25. The van der Waals surface area contributed by atoms with Crippen LogP contribution in [0.4, 0.5) is 0 Å². The molecular formula is C12H18N2O2S. The van der Waals surface area contributed by atoms with E-state index < -0.39 is 0 Å². The van der Waals surface area contributed by atoms with Crippen LogP contribution in [0.2, 0.25) is 0 Å². The first-order chi connectivity index (χ1) is 8.25. The number of furan rings is 1.